The molecule has 0 radical (unpaired) electrons. The van der Waals surface area contributed by atoms with Gasteiger partial charge in [-0.05, 0) is 106 Å². The van der Waals surface area contributed by atoms with Crippen LogP contribution in [0.4, 0.5) is 0 Å². The number of carbonyl (C=O) groups is 1. The van der Waals surface area contributed by atoms with Crippen LogP contribution in [0.25, 0.3) is 21.3 Å². The molecule has 2 saturated heterocycles. The number of aromatic nitrogens is 4. The third kappa shape index (κ3) is 10.8. The maximum absolute atomic E-state index is 13.4. The Morgan fingerprint density at radius 2 is 1.77 bits per heavy atom. The van der Waals surface area contributed by atoms with E-state index < -0.39 is 18.2 Å². The lowest BCUT2D eigenvalue weighted by Gasteiger charge is -2.35. The van der Waals surface area contributed by atoms with Crippen LogP contribution in [0.1, 0.15) is 89.9 Å². The summed E-state index contributed by atoms with van der Waals surface area (Å²) in [6, 6.07) is 7.26. The topological polar surface area (TPSA) is 172 Å². The van der Waals surface area contributed by atoms with Gasteiger partial charge in [0.15, 0.2) is 5.75 Å². The standard InChI is InChI=1S/C50H59Cl2N7O9S/c1-28-40-29(2)44(52)45(43(28)51)67-36(21-59-16-15-58(3)27-56-59)24-65-35-11-12-38(66-22-33-13-14-53-47(57-33)31-7-9-34(10-8-31)64-25-37-23-62-17-18-63-37)32(19-35)20-39(50(60)61)68-48-42-41(40)46(30-5-4-6-30)69-49(42)55-26-54-48/h11-14,19,26,30-31,34,36-37,39,56H,4-10,15-18,20-25,27H2,1-3H3,(H,60,61)/t31-,34-,36-,37?,39-/m1/s1. The fraction of sp³-hybridized carbons (Fsp3) is 0.540. The normalized spacial score (nSPS) is 23.9. The number of hydrogen-bond acceptors (Lipinski definition) is 16. The highest BCUT2D eigenvalue weighted by molar-refractivity contribution is 7.19. The highest BCUT2D eigenvalue weighted by Crippen LogP contribution is 2.54. The zero-order chi connectivity index (χ0) is 47.6. The number of benzene rings is 2. The Balaban J connectivity index is 0.960. The van der Waals surface area contributed by atoms with Gasteiger partial charge in [-0.25, -0.2) is 35.2 Å². The van der Waals surface area contributed by atoms with Crippen molar-refractivity contribution in [2.24, 2.45) is 0 Å². The molecule has 6 aliphatic rings. The van der Waals surface area contributed by atoms with Gasteiger partial charge in [-0.1, -0.05) is 29.6 Å². The van der Waals surface area contributed by atoms with Crippen LogP contribution in [-0.2, 0) is 32.0 Å². The number of carboxylic acid groups (broad SMARTS) is 1. The largest absolute Gasteiger partial charge is 0.490 e. The first-order valence-corrected chi connectivity index (χ1v) is 25.6. The summed E-state index contributed by atoms with van der Waals surface area (Å²) in [6.45, 7) is 9.32. The lowest BCUT2D eigenvalue weighted by atomic mass is 9.80. The molecule has 19 heteroatoms. The predicted octanol–water partition coefficient (Wildman–Crippen LogP) is 8.30. The van der Waals surface area contributed by atoms with Gasteiger partial charge < -0.3 is 38.3 Å². The summed E-state index contributed by atoms with van der Waals surface area (Å²) in [5.41, 5.74) is 8.00. The Bertz CT molecular complexity index is 2600. The van der Waals surface area contributed by atoms with Crippen molar-refractivity contribution in [2.45, 2.75) is 108 Å². The molecule has 4 fully saturated rings. The van der Waals surface area contributed by atoms with Crippen LogP contribution in [0, 0.1) is 13.8 Å². The second kappa shape index (κ2) is 21.5. The molecule has 3 atom stereocenters. The van der Waals surface area contributed by atoms with Gasteiger partial charge in [0.1, 0.15) is 53.9 Å². The summed E-state index contributed by atoms with van der Waals surface area (Å²) in [5, 5.41) is 14.4. The molecule has 3 aromatic heterocycles. The Labute approximate surface area is 415 Å². The van der Waals surface area contributed by atoms with E-state index in [1.807, 2.05) is 26.0 Å². The van der Waals surface area contributed by atoms with Crippen LogP contribution in [0.2, 0.25) is 10.0 Å². The van der Waals surface area contributed by atoms with E-state index in [1.165, 1.54) is 6.33 Å². The van der Waals surface area contributed by atoms with Crippen molar-refractivity contribution in [1.29, 1.82) is 0 Å². The molecule has 2 N–H and O–H groups in total. The van der Waals surface area contributed by atoms with Crippen LogP contribution in [0.5, 0.6) is 23.1 Å². The first-order chi connectivity index (χ1) is 33.6. The van der Waals surface area contributed by atoms with Crippen molar-refractivity contribution in [3.63, 3.8) is 0 Å². The minimum atomic E-state index is -1.37. The van der Waals surface area contributed by atoms with Crippen molar-refractivity contribution in [3.8, 4) is 34.3 Å². The molecular weight excluding hydrogens is 946 g/mol. The number of hydrogen-bond donors (Lipinski definition) is 2. The lowest BCUT2D eigenvalue weighted by molar-refractivity contribution is -0.145. The van der Waals surface area contributed by atoms with Gasteiger partial charge in [0.05, 0.1) is 66.9 Å². The third-order valence-corrected chi connectivity index (χ3v) is 16.2. The van der Waals surface area contributed by atoms with Crippen molar-refractivity contribution in [1.82, 2.24) is 35.3 Å². The molecule has 16 nitrogen and oxygen atoms in total. The van der Waals surface area contributed by atoms with Crippen LogP contribution >= 0.6 is 34.5 Å². The fourth-order valence-corrected chi connectivity index (χ4v) is 11.7. The van der Waals surface area contributed by atoms with Gasteiger partial charge in [0, 0.05) is 47.6 Å². The van der Waals surface area contributed by atoms with Gasteiger partial charge in [-0.2, -0.15) is 0 Å². The Kier molecular flexibility index (Phi) is 15.0. The van der Waals surface area contributed by atoms with Crippen LogP contribution in [0.3, 0.4) is 0 Å². The van der Waals surface area contributed by atoms with E-state index in [0.29, 0.717) is 88.4 Å². The molecule has 0 amide bonds. The molecular formula is C50H59Cl2N7O9S. The number of carboxylic acids is 1. The van der Waals surface area contributed by atoms with Crippen LogP contribution < -0.4 is 24.4 Å². The molecule has 1 unspecified atom stereocenters. The second-order valence-electron chi connectivity index (χ2n) is 18.8. The Morgan fingerprint density at radius 3 is 2.49 bits per heavy atom. The average Bonchev–Trinajstić information content (AvgIpc) is 3.71. The van der Waals surface area contributed by atoms with Crippen LogP contribution in [0.15, 0.2) is 36.8 Å². The number of thiophene rings is 1. The maximum Gasteiger partial charge on any atom is 0.345 e. The first kappa shape index (κ1) is 48.2. The first-order valence-electron chi connectivity index (χ1n) is 24.1. The molecule has 368 valence electrons. The third-order valence-electron chi connectivity index (χ3n) is 14.0. The van der Waals surface area contributed by atoms with E-state index in [9.17, 15) is 9.90 Å². The van der Waals surface area contributed by atoms with Crippen molar-refractivity contribution in [2.75, 3.05) is 66.4 Å². The molecule has 7 heterocycles. The number of rotatable bonds is 11. The van der Waals surface area contributed by atoms with E-state index in [0.717, 1.165) is 91.0 Å². The number of likely N-dealkylation sites (N-methyl/N-ethyl adjacent to an activating group) is 1. The summed E-state index contributed by atoms with van der Waals surface area (Å²) < 4.78 is 44.0. The molecule has 0 spiro atoms. The summed E-state index contributed by atoms with van der Waals surface area (Å²) >= 11 is 16.3. The van der Waals surface area contributed by atoms with E-state index >= 15 is 0 Å². The Hall–Kier alpha value is -4.43. The molecule has 4 aliphatic heterocycles. The number of fused-ring (bicyclic) bond motifs is 7. The monoisotopic (exact) mass is 1000 g/mol. The fourth-order valence-electron chi connectivity index (χ4n) is 9.85. The molecule has 2 aromatic carbocycles. The quantitative estimate of drug-likeness (QED) is 0.129. The summed E-state index contributed by atoms with van der Waals surface area (Å²) in [6.07, 6.45) is 8.18. The van der Waals surface area contributed by atoms with Gasteiger partial charge in [0.2, 0.25) is 12.0 Å². The van der Waals surface area contributed by atoms with E-state index in [4.69, 9.17) is 66.3 Å². The van der Waals surface area contributed by atoms with Crippen molar-refractivity contribution in [3.05, 3.63) is 79.9 Å². The van der Waals surface area contributed by atoms with E-state index in [1.54, 1.807) is 29.7 Å². The molecule has 11 rings (SSSR count). The van der Waals surface area contributed by atoms with Gasteiger partial charge >= 0.3 is 5.97 Å². The van der Waals surface area contributed by atoms with Gasteiger partial charge in [-0.3, -0.25) is 4.90 Å². The number of nitrogens with one attached hydrogen (secondary N) is 1. The van der Waals surface area contributed by atoms with Crippen LogP contribution in [-0.4, -0.2) is 132 Å². The minimum absolute atomic E-state index is 0.0133. The van der Waals surface area contributed by atoms with Crippen molar-refractivity contribution >= 4 is 50.7 Å². The number of hydrazine groups is 1. The zero-order valence-electron chi connectivity index (χ0n) is 39.2. The second-order valence-corrected chi connectivity index (χ2v) is 20.6. The maximum atomic E-state index is 13.4. The molecule has 2 aliphatic carbocycles. The van der Waals surface area contributed by atoms with Crippen molar-refractivity contribution < 1.29 is 43.1 Å². The number of ether oxygens (including phenoxy) is 7. The van der Waals surface area contributed by atoms with E-state index in [2.05, 4.69) is 32.4 Å². The smallest absolute Gasteiger partial charge is 0.345 e. The summed E-state index contributed by atoms with van der Waals surface area (Å²) in [4.78, 5) is 36.3. The highest BCUT2D eigenvalue weighted by atomic mass is 35.5. The van der Waals surface area contributed by atoms with E-state index in [-0.39, 0.29) is 49.6 Å². The number of halogens is 2. The average molecular weight is 1010 g/mol. The molecule has 4 bridgehead atoms. The zero-order valence-corrected chi connectivity index (χ0v) is 41.5. The number of nitrogens with zero attached hydrogens (tertiary/aromatic N) is 6. The molecule has 5 aromatic rings. The molecule has 69 heavy (non-hydrogen) atoms. The number of aliphatic carboxylic acids is 1. The lowest BCUT2D eigenvalue weighted by Crippen LogP contribution is -2.56. The molecule has 2 saturated carbocycles. The highest BCUT2D eigenvalue weighted by Gasteiger charge is 2.35. The predicted molar refractivity (Wildman–Crippen MR) is 261 cm³/mol. The summed E-state index contributed by atoms with van der Waals surface area (Å²) in [5.74, 6) is 1.59. The van der Waals surface area contributed by atoms with Gasteiger partial charge in [-0.15, -0.1) is 11.3 Å². The van der Waals surface area contributed by atoms with Gasteiger partial charge in [0.25, 0.3) is 0 Å². The minimum Gasteiger partial charge on any atom is -0.490 e. The summed E-state index contributed by atoms with van der Waals surface area (Å²) in [7, 11) is 2.07. The Morgan fingerprint density at radius 1 is 0.942 bits per heavy atom. The SMILES string of the molecule is Cc1c(Cl)c2c(Cl)c(C)c1-c1c(C3CCC3)sc3ncnc(c13)O[C@@H](C(=O)O)Cc1cc(ccc1OCc1ccnc([C@H]3CC[C@H](OCC4COCCO4)CC3)n1)OC[C@@H](CN1CCN(C)CN1)O2.